The third-order valence-corrected chi connectivity index (χ3v) is 4.76. The van der Waals surface area contributed by atoms with Gasteiger partial charge in [-0.15, -0.1) is 13.2 Å². The average molecular weight is 525 g/mol. The van der Waals surface area contributed by atoms with Crippen LogP contribution in [0, 0.1) is 0 Å². The van der Waals surface area contributed by atoms with Gasteiger partial charge in [-0.05, 0) is 56.4 Å². The Morgan fingerprint density at radius 3 is 1.79 bits per heavy atom. The maximum Gasteiger partial charge on any atom is 0.455 e. The van der Waals surface area contributed by atoms with Gasteiger partial charge in [-0.1, -0.05) is 68.3 Å². The first-order chi connectivity index (χ1) is 13.5. The number of carbonyl (C=O) groups is 1. The van der Waals surface area contributed by atoms with Crippen molar-refractivity contribution >= 4 is 44.8 Å². The Bertz CT molecular complexity index is 761. The van der Waals surface area contributed by atoms with Gasteiger partial charge in [0.15, 0.2) is 5.78 Å². The lowest BCUT2D eigenvalue weighted by Gasteiger charge is -2.23. The highest BCUT2D eigenvalue weighted by Gasteiger charge is 2.18. The first-order valence-electron chi connectivity index (χ1n) is 8.92. The van der Waals surface area contributed by atoms with Gasteiger partial charge < -0.3 is 15.8 Å². The molecule has 0 spiro atoms. The molecule has 2 aromatic carbocycles. The lowest BCUT2D eigenvalue weighted by Crippen LogP contribution is -2.32. The van der Waals surface area contributed by atoms with E-state index in [4.69, 9.17) is 15.8 Å². The lowest BCUT2D eigenvalue weighted by molar-refractivity contribution is 0.101. The molecule has 4 N–H and O–H groups in total. The summed E-state index contributed by atoms with van der Waals surface area (Å²) in [5, 5.41) is 16.1. The van der Waals surface area contributed by atoms with Crippen LogP contribution < -0.4 is 5.73 Å². The van der Waals surface area contributed by atoms with Crippen LogP contribution >= 0.6 is 31.9 Å². The van der Waals surface area contributed by atoms with E-state index in [0.29, 0.717) is 0 Å². The molecule has 0 saturated heterocycles. The number of carbonyl (C=O) groups excluding carboxylic acids is 1. The van der Waals surface area contributed by atoms with Crippen molar-refractivity contribution in [2.24, 2.45) is 5.73 Å². The second-order valence-corrected chi connectivity index (χ2v) is 8.32. The fourth-order valence-corrected chi connectivity index (χ4v) is 2.61. The Balaban J connectivity index is 0.000000436. The second kappa shape index (κ2) is 14.5. The second-order valence-electron chi connectivity index (χ2n) is 6.49. The van der Waals surface area contributed by atoms with Crippen molar-refractivity contribution in [3.63, 3.8) is 0 Å². The van der Waals surface area contributed by atoms with Crippen LogP contribution in [0.25, 0.3) is 0 Å². The molecule has 0 heterocycles. The summed E-state index contributed by atoms with van der Waals surface area (Å²) in [6.07, 6.45) is 4.33. The van der Waals surface area contributed by atoms with E-state index in [1.54, 1.807) is 19.1 Å². The Hall–Kier alpha value is -1.51. The molecule has 0 aliphatic rings. The van der Waals surface area contributed by atoms with Crippen LogP contribution in [0.5, 0.6) is 0 Å². The van der Waals surface area contributed by atoms with E-state index in [-0.39, 0.29) is 17.6 Å². The molecule has 156 valence electrons. The van der Waals surface area contributed by atoms with Crippen LogP contribution in [0.3, 0.4) is 0 Å². The fourth-order valence-electron chi connectivity index (χ4n) is 2.08. The molecule has 0 amide bonds. The topological polar surface area (TPSA) is 83.6 Å². The zero-order valence-corrected chi connectivity index (χ0v) is 20.0. The zero-order valence-electron chi connectivity index (χ0n) is 16.8. The molecule has 29 heavy (non-hydrogen) atoms. The maximum atomic E-state index is 10.7. The van der Waals surface area contributed by atoms with E-state index in [0.717, 1.165) is 26.5 Å². The molecule has 2 rings (SSSR count). The van der Waals surface area contributed by atoms with Crippen molar-refractivity contribution in [1.29, 1.82) is 0 Å². The minimum atomic E-state index is -1.22. The third kappa shape index (κ3) is 12.6. The standard InChI is InChI=1S/C11H14BrN.C8H7BrO.C3H7BO2/c1-3-8-11(2,13)9-4-6-10(12)7-5-9;1-6(10)7-2-4-8(9)5-3-7;1-2-3-4(5)6/h3-7H,1,8,13H2,2H3;2-5H,1H3;2,5-6H,1,3H2. The molecule has 0 fully saturated rings. The van der Waals surface area contributed by atoms with Crippen molar-refractivity contribution in [3.05, 3.63) is 93.9 Å². The predicted octanol–water partition coefficient (Wildman–Crippen LogP) is 5.50. The predicted molar refractivity (Wildman–Crippen MR) is 130 cm³/mol. The van der Waals surface area contributed by atoms with E-state index in [9.17, 15) is 4.79 Å². The van der Waals surface area contributed by atoms with Gasteiger partial charge in [0.05, 0.1) is 0 Å². The van der Waals surface area contributed by atoms with E-state index in [2.05, 4.69) is 45.0 Å². The van der Waals surface area contributed by atoms with Crippen LogP contribution in [0.2, 0.25) is 6.32 Å². The molecule has 0 aliphatic carbocycles. The number of rotatable bonds is 6. The summed E-state index contributed by atoms with van der Waals surface area (Å²) in [4.78, 5) is 10.7. The number of hydrogen-bond donors (Lipinski definition) is 3. The summed E-state index contributed by atoms with van der Waals surface area (Å²) in [5.74, 6) is 0.104. The van der Waals surface area contributed by atoms with Crippen molar-refractivity contribution < 1.29 is 14.8 Å². The van der Waals surface area contributed by atoms with E-state index >= 15 is 0 Å². The van der Waals surface area contributed by atoms with Crippen molar-refractivity contribution in [3.8, 4) is 0 Å². The largest absolute Gasteiger partial charge is 0.455 e. The number of ketones is 1. The SMILES string of the molecule is C=CCB(O)O.C=CCC(C)(N)c1ccc(Br)cc1.CC(=O)c1ccc(Br)cc1. The molecule has 7 heteroatoms. The molecular weight excluding hydrogens is 497 g/mol. The van der Waals surface area contributed by atoms with Gasteiger partial charge in [-0.2, -0.15) is 0 Å². The molecule has 1 unspecified atom stereocenters. The number of allylic oxidation sites excluding steroid dienone is 1. The first kappa shape index (κ1) is 27.5. The molecule has 0 aliphatic heterocycles. The molecule has 0 bridgehead atoms. The van der Waals surface area contributed by atoms with Gasteiger partial charge in [0.2, 0.25) is 0 Å². The number of nitrogens with two attached hydrogens (primary N) is 1. The normalized spacial score (nSPS) is 11.6. The Morgan fingerprint density at radius 1 is 1.03 bits per heavy atom. The number of benzene rings is 2. The molecular formula is C22H28BBr2NO3. The number of halogens is 2. The van der Waals surface area contributed by atoms with Crippen molar-refractivity contribution in [2.75, 3.05) is 0 Å². The van der Waals surface area contributed by atoms with Gasteiger partial charge in [0.1, 0.15) is 0 Å². The Labute approximate surface area is 190 Å². The summed E-state index contributed by atoms with van der Waals surface area (Å²) < 4.78 is 2.07. The highest BCUT2D eigenvalue weighted by Crippen LogP contribution is 2.23. The maximum absolute atomic E-state index is 10.7. The number of Topliss-reactive ketones (excluding diaryl/α,β-unsaturated/α-hetero) is 1. The molecule has 0 aromatic heterocycles. The molecule has 0 saturated carbocycles. The summed E-state index contributed by atoms with van der Waals surface area (Å²) >= 11 is 6.67. The monoisotopic (exact) mass is 523 g/mol. The lowest BCUT2D eigenvalue weighted by atomic mass is 9.87. The van der Waals surface area contributed by atoms with Crippen LogP contribution in [0.15, 0.2) is 82.8 Å². The van der Waals surface area contributed by atoms with E-state index < -0.39 is 7.12 Å². The van der Waals surface area contributed by atoms with Crippen molar-refractivity contribution in [2.45, 2.75) is 32.1 Å². The first-order valence-corrected chi connectivity index (χ1v) is 10.5. The summed E-state index contributed by atoms with van der Waals surface area (Å²) in [6, 6.07) is 15.4. The zero-order chi connectivity index (χ0) is 22.4. The van der Waals surface area contributed by atoms with Gasteiger partial charge in [-0.3, -0.25) is 4.79 Å². The minimum absolute atomic E-state index is 0.104. The minimum Gasteiger partial charge on any atom is -0.427 e. The van der Waals surface area contributed by atoms with Crippen LogP contribution in [0.1, 0.15) is 36.2 Å². The van der Waals surface area contributed by atoms with Gasteiger partial charge in [-0.25, -0.2) is 0 Å². The smallest absolute Gasteiger partial charge is 0.427 e. The summed E-state index contributed by atoms with van der Waals surface area (Å²) in [6.45, 7) is 10.6. The highest BCUT2D eigenvalue weighted by atomic mass is 79.9. The van der Waals surface area contributed by atoms with Gasteiger partial charge in [0.25, 0.3) is 0 Å². The molecule has 0 radical (unpaired) electrons. The van der Waals surface area contributed by atoms with Crippen LogP contribution in [-0.2, 0) is 5.54 Å². The van der Waals surface area contributed by atoms with Gasteiger partial charge in [0, 0.05) is 20.0 Å². The van der Waals surface area contributed by atoms with Crippen LogP contribution in [-0.4, -0.2) is 22.9 Å². The van der Waals surface area contributed by atoms with Crippen LogP contribution in [0.4, 0.5) is 0 Å². The molecule has 2 aromatic rings. The Kier molecular flexibility index (Phi) is 13.7. The molecule has 1 atom stereocenters. The molecule has 4 nitrogen and oxygen atoms in total. The Morgan fingerprint density at radius 2 is 1.48 bits per heavy atom. The summed E-state index contributed by atoms with van der Waals surface area (Å²) in [7, 11) is -1.22. The summed E-state index contributed by atoms with van der Waals surface area (Å²) in [5.41, 5.74) is 7.70. The van der Waals surface area contributed by atoms with E-state index in [1.165, 1.54) is 6.08 Å². The fraction of sp³-hybridized carbons (Fsp3) is 0.227. The van der Waals surface area contributed by atoms with E-state index in [1.807, 2.05) is 49.4 Å². The highest BCUT2D eigenvalue weighted by molar-refractivity contribution is 9.10. The third-order valence-electron chi connectivity index (χ3n) is 3.70. The quantitative estimate of drug-likeness (QED) is 0.265. The average Bonchev–Trinajstić information content (AvgIpc) is 2.63. The van der Waals surface area contributed by atoms with Gasteiger partial charge >= 0.3 is 7.12 Å². The van der Waals surface area contributed by atoms with Crippen molar-refractivity contribution in [1.82, 2.24) is 0 Å². The number of hydrogen-bond acceptors (Lipinski definition) is 4.